The first-order chi connectivity index (χ1) is 9.39. The first kappa shape index (κ1) is 17.0. The van der Waals surface area contributed by atoms with Crippen molar-refractivity contribution in [3.63, 3.8) is 0 Å². The fourth-order valence-electron chi connectivity index (χ4n) is 3.04. The van der Waals surface area contributed by atoms with E-state index in [4.69, 9.17) is 0 Å². The molecule has 3 atom stereocenters. The summed E-state index contributed by atoms with van der Waals surface area (Å²) in [4.78, 5) is 23.5. The highest BCUT2D eigenvalue weighted by atomic mass is 16.4. The van der Waals surface area contributed by atoms with Gasteiger partial charge in [0.2, 0.25) is 5.91 Å². The lowest BCUT2D eigenvalue weighted by molar-refractivity contribution is -0.146. The minimum Gasteiger partial charge on any atom is -0.481 e. The predicted octanol–water partition coefficient (Wildman–Crippen LogP) is 1.65. The van der Waals surface area contributed by atoms with Crippen LogP contribution in [0, 0.1) is 23.2 Å². The number of aliphatic carboxylic acids is 1. The van der Waals surface area contributed by atoms with Gasteiger partial charge in [0.15, 0.2) is 0 Å². The minimum atomic E-state index is -0.881. The van der Waals surface area contributed by atoms with Crippen LogP contribution in [0.2, 0.25) is 0 Å². The molecule has 0 aromatic heterocycles. The maximum absolute atomic E-state index is 12.2. The van der Waals surface area contributed by atoms with Crippen LogP contribution in [0.3, 0.4) is 0 Å². The molecule has 1 rings (SSSR count). The molecule has 0 aromatic carbocycles. The maximum Gasteiger partial charge on any atom is 0.307 e. The Hall–Kier alpha value is -1.10. The van der Waals surface area contributed by atoms with E-state index >= 15 is 0 Å². The van der Waals surface area contributed by atoms with Crippen LogP contribution in [0.5, 0.6) is 0 Å². The van der Waals surface area contributed by atoms with Crippen LogP contribution < -0.4 is 5.32 Å². The zero-order valence-electron chi connectivity index (χ0n) is 12.7. The lowest BCUT2D eigenvalue weighted by atomic mass is 9.83. The van der Waals surface area contributed by atoms with Gasteiger partial charge in [-0.1, -0.05) is 20.8 Å². The van der Waals surface area contributed by atoms with E-state index in [9.17, 15) is 19.8 Å². The summed E-state index contributed by atoms with van der Waals surface area (Å²) in [6.07, 6.45) is 2.76. The second-order valence-electron chi connectivity index (χ2n) is 6.21. The number of amides is 1. The van der Waals surface area contributed by atoms with E-state index in [0.29, 0.717) is 19.4 Å². The van der Waals surface area contributed by atoms with E-state index in [1.807, 2.05) is 20.8 Å². The Balaban J connectivity index is 2.64. The molecule has 116 valence electrons. The van der Waals surface area contributed by atoms with Gasteiger partial charge in [-0.2, -0.15) is 0 Å². The number of aliphatic hydroxyl groups is 1. The van der Waals surface area contributed by atoms with Gasteiger partial charge in [0.25, 0.3) is 0 Å². The molecule has 0 radical (unpaired) electrons. The van der Waals surface area contributed by atoms with Crippen LogP contribution >= 0.6 is 0 Å². The molecule has 0 heterocycles. The number of carboxylic acid groups (broad SMARTS) is 1. The molecule has 0 saturated heterocycles. The topological polar surface area (TPSA) is 86.6 Å². The Morgan fingerprint density at radius 1 is 1.20 bits per heavy atom. The summed E-state index contributed by atoms with van der Waals surface area (Å²) in [5, 5.41) is 21.5. The van der Waals surface area contributed by atoms with Gasteiger partial charge in [0.1, 0.15) is 0 Å². The van der Waals surface area contributed by atoms with E-state index in [0.717, 1.165) is 12.8 Å². The molecule has 1 amide bonds. The molecule has 5 heteroatoms. The zero-order chi connectivity index (χ0) is 15.3. The van der Waals surface area contributed by atoms with Gasteiger partial charge in [-0.25, -0.2) is 0 Å². The average Bonchev–Trinajstić information content (AvgIpc) is 2.83. The Morgan fingerprint density at radius 3 is 2.20 bits per heavy atom. The molecule has 20 heavy (non-hydrogen) atoms. The van der Waals surface area contributed by atoms with E-state index in [1.54, 1.807) is 0 Å². The average molecular weight is 285 g/mol. The maximum atomic E-state index is 12.2. The number of nitrogens with one attached hydrogen (secondary N) is 1. The van der Waals surface area contributed by atoms with Crippen molar-refractivity contribution in [2.75, 3.05) is 13.2 Å². The molecule has 3 unspecified atom stereocenters. The lowest BCUT2D eigenvalue weighted by Gasteiger charge is -2.30. The van der Waals surface area contributed by atoms with Gasteiger partial charge >= 0.3 is 5.97 Å². The van der Waals surface area contributed by atoms with Gasteiger partial charge in [0.05, 0.1) is 18.4 Å². The summed E-state index contributed by atoms with van der Waals surface area (Å²) in [7, 11) is 0. The van der Waals surface area contributed by atoms with Crippen molar-refractivity contribution in [2.45, 2.75) is 46.5 Å². The first-order valence-electron chi connectivity index (χ1n) is 7.50. The SMILES string of the molecule is CCC(CC)(CO)CNC(=O)C1CC(C)CC1C(=O)O. The lowest BCUT2D eigenvalue weighted by Crippen LogP contribution is -2.43. The van der Waals surface area contributed by atoms with Crippen LogP contribution in [0.1, 0.15) is 46.5 Å². The fourth-order valence-corrected chi connectivity index (χ4v) is 3.04. The van der Waals surface area contributed by atoms with Crippen LogP contribution in [0.4, 0.5) is 0 Å². The Kier molecular flexibility index (Phi) is 5.99. The highest BCUT2D eigenvalue weighted by Crippen LogP contribution is 2.36. The van der Waals surface area contributed by atoms with Crippen LogP contribution in [0.15, 0.2) is 0 Å². The molecule has 1 saturated carbocycles. The number of carbonyl (C=O) groups excluding carboxylic acids is 1. The number of carbonyl (C=O) groups is 2. The number of aliphatic hydroxyl groups excluding tert-OH is 1. The van der Waals surface area contributed by atoms with Crippen LogP contribution in [0.25, 0.3) is 0 Å². The van der Waals surface area contributed by atoms with Crippen LogP contribution in [-0.4, -0.2) is 35.2 Å². The summed E-state index contributed by atoms with van der Waals surface area (Å²) in [6, 6.07) is 0. The predicted molar refractivity (Wildman–Crippen MR) is 76.1 cm³/mol. The monoisotopic (exact) mass is 285 g/mol. The molecule has 0 aromatic rings. The molecule has 1 aliphatic carbocycles. The van der Waals surface area contributed by atoms with Gasteiger partial charge in [-0.05, 0) is 31.6 Å². The van der Waals surface area contributed by atoms with Gasteiger partial charge in [0, 0.05) is 12.0 Å². The first-order valence-corrected chi connectivity index (χ1v) is 7.50. The quantitative estimate of drug-likeness (QED) is 0.664. The Morgan fingerprint density at radius 2 is 1.75 bits per heavy atom. The summed E-state index contributed by atoms with van der Waals surface area (Å²) < 4.78 is 0. The highest BCUT2D eigenvalue weighted by Gasteiger charge is 2.41. The van der Waals surface area contributed by atoms with E-state index < -0.39 is 17.8 Å². The third-order valence-corrected chi connectivity index (χ3v) is 4.93. The Bertz CT molecular complexity index is 344. The summed E-state index contributed by atoms with van der Waals surface area (Å²) in [5.74, 6) is -1.80. The molecular weight excluding hydrogens is 258 g/mol. The second kappa shape index (κ2) is 7.07. The van der Waals surface area contributed by atoms with Gasteiger partial charge < -0.3 is 15.5 Å². The third-order valence-electron chi connectivity index (χ3n) is 4.93. The van der Waals surface area contributed by atoms with Gasteiger partial charge in [-0.3, -0.25) is 9.59 Å². The van der Waals surface area contributed by atoms with E-state index in [-0.39, 0.29) is 23.8 Å². The minimum absolute atomic E-state index is 0.0315. The third kappa shape index (κ3) is 3.72. The molecule has 1 aliphatic rings. The standard InChI is InChI=1S/C15H27NO4/c1-4-15(5-2,9-17)8-16-13(18)11-6-10(3)7-12(11)14(19)20/h10-12,17H,4-9H2,1-3H3,(H,16,18)(H,19,20). The van der Waals surface area contributed by atoms with Gasteiger partial charge in [-0.15, -0.1) is 0 Å². The summed E-state index contributed by atoms with van der Waals surface area (Å²) in [6.45, 7) is 6.41. The van der Waals surface area contributed by atoms with E-state index in [1.165, 1.54) is 0 Å². The fraction of sp³-hybridized carbons (Fsp3) is 0.867. The highest BCUT2D eigenvalue weighted by molar-refractivity contribution is 5.85. The normalized spacial score (nSPS) is 26.5. The number of rotatable bonds is 7. The van der Waals surface area contributed by atoms with Crippen molar-refractivity contribution in [3.05, 3.63) is 0 Å². The summed E-state index contributed by atoms with van der Waals surface area (Å²) in [5.41, 5.74) is -0.293. The second-order valence-corrected chi connectivity index (χ2v) is 6.21. The Labute approximate surface area is 120 Å². The molecule has 0 bridgehead atoms. The zero-order valence-corrected chi connectivity index (χ0v) is 12.7. The molecule has 0 aliphatic heterocycles. The van der Waals surface area contributed by atoms with Crippen molar-refractivity contribution in [3.8, 4) is 0 Å². The van der Waals surface area contributed by atoms with Crippen molar-refractivity contribution in [2.24, 2.45) is 23.2 Å². The number of carboxylic acids is 1. The smallest absolute Gasteiger partial charge is 0.307 e. The van der Waals surface area contributed by atoms with Crippen molar-refractivity contribution in [1.29, 1.82) is 0 Å². The van der Waals surface area contributed by atoms with Crippen LogP contribution in [-0.2, 0) is 9.59 Å². The number of hydrogen-bond acceptors (Lipinski definition) is 3. The molecule has 3 N–H and O–H groups in total. The summed E-state index contributed by atoms with van der Waals surface area (Å²) >= 11 is 0. The largest absolute Gasteiger partial charge is 0.481 e. The van der Waals surface area contributed by atoms with Crippen molar-refractivity contribution in [1.82, 2.24) is 5.32 Å². The van der Waals surface area contributed by atoms with Crippen molar-refractivity contribution >= 4 is 11.9 Å². The molecule has 0 spiro atoms. The molecule has 1 fully saturated rings. The van der Waals surface area contributed by atoms with E-state index in [2.05, 4.69) is 5.32 Å². The number of hydrogen-bond donors (Lipinski definition) is 3. The molecular formula is C15H27NO4. The van der Waals surface area contributed by atoms with Crippen molar-refractivity contribution < 1.29 is 19.8 Å². The molecule has 5 nitrogen and oxygen atoms in total.